The molecule has 1 heterocycles. The van der Waals surface area contributed by atoms with Crippen molar-refractivity contribution in [3.05, 3.63) is 28.3 Å². The maximum absolute atomic E-state index is 12.0. The molecule has 0 saturated heterocycles. The van der Waals surface area contributed by atoms with E-state index in [2.05, 4.69) is 0 Å². The van der Waals surface area contributed by atoms with Crippen molar-refractivity contribution in [1.29, 1.82) is 0 Å². The molecule has 0 aliphatic heterocycles. The average molecular weight is 264 g/mol. The van der Waals surface area contributed by atoms with Gasteiger partial charge in [0.25, 0.3) is 0 Å². The van der Waals surface area contributed by atoms with Gasteiger partial charge in [-0.15, -0.1) is 0 Å². The highest BCUT2D eigenvalue weighted by Gasteiger charge is 2.17. The Labute approximate surface area is 110 Å². The molecule has 5 nitrogen and oxygen atoms in total. The Kier molecular flexibility index (Phi) is 3.64. The summed E-state index contributed by atoms with van der Waals surface area (Å²) in [5, 5.41) is 10.9. The SMILES string of the molecule is CCCc1cc2c(OC)c(O)c(OC)cc2c(=O)o1. The fraction of sp³-hybridized carbons (Fsp3) is 0.357. The highest BCUT2D eigenvalue weighted by Crippen LogP contribution is 2.41. The topological polar surface area (TPSA) is 68.9 Å². The van der Waals surface area contributed by atoms with Gasteiger partial charge >= 0.3 is 5.63 Å². The lowest BCUT2D eigenvalue weighted by atomic mass is 10.1. The number of phenols is 1. The molecule has 0 unspecified atom stereocenters. The van der Waals surface area contributed by atoms with Crippen LogP contribution in [0.5, 0.6) is 17.2 Å². The Morgan fingerprint density at radius 1 is 1.21 bits per heavy atom. The van der Waals surface area contributed by atoms with Gasteiger partial charge < -0.3 is 19.0 Å². The van der Waals surface area contributed by atoms with E-state index >= 15 is 0 Å². The van der Waals surface area contributed by atoms with Crippen LogP contribution in [0.25, 0.3) is 10.8 Å². The van der Waals surface area contributed by atoms with E-state index in [0.29, 0.717) is 23.0 Å². The van der Waals surface area contributed by atoms with Gasteiger partial charge in [0.05, 0.1) is 19.6 Å². The summed E-state index contributed by atoms with van der Waals surface area (Å²) in [7, 11) is 2.84. The van der Waals surface area contributed by atoms with E-state index in [0.717, 1.165) is 6.42 Å². The molecular weight excluding hydrogens is 248 g/mol. The third-order valence-corrected chi connectivity index (χ3v) is 2.93. The number of aromatic hydroxyl groups is 1. The van der Waals surface area contributed by atoms with Crippen LogP contribution in [0.2, 0.25) is 0 Å². The van der Waals surface area contributed by atoms with Gasteiger partial charge in [0, 0.05) is 11.8 Å². The largest absolute Gasteiger partial charge is 0.502 e. The second-order valence-corrected chi connectivity index (χ2v) is 4.17. The third kappa shape index (κ3) is 2.23. The fourth-order valence-corrected chi connectivity index (χ4v) is 2.05. The average Bonchev–Trinajstić information content (AvgIpc) is 2.39. The first-order valence-corrected chi connectivity index (χ1v) is 6.03. The molecule has 102 valence electrons. The summed E-state index contributed by atoms with van der Waals surface area (Å²) in [6.45, 7) is 1.99. The summed E-state index contributed by atoms with van der Waals surface area (Å²) in [4.78, 5) is 12.0. The van der Waals surface area contributed by atoms with Crippen molar-refractivity contribution in [2.45, 2.75) is 19.8 Å². The zero-order valence-corrected chi connectivity index (χ0v) is 11.1. The molecule has 0 saturated carbocycles. The van der Waals surface area contributed by atoms with E-state index in [1.165, 1.54) is 20.3 Å². The molecule has 19 heavy (non-hydrogen) atoms. The normalized spacial score (nSPS) is 10.7. The zero-order chi connectivity index (χ0) is 14.0. The highest BCUT2D eigenvalue weighted by molar-refractivity contribution is 5.92. The van der Waals surface area contributed by atoms with Crippen molar-refractivity contribution in [3.63, 3.8) is 0 Å². The van der Waals surface area contributed by atoms with Crippen LogP contribution in [0.15, 0.2) is 21.3 Å². The predicted octanol–water partition coefficient (Wildman–Crippen LogP) is 2.47. The van der Waals surface area contributed by atoms with Crippen molar-refractivity contribution < 1.29 is 19.0 Å². The predicted molar refractivity (Wildman–Crippen MR) is 71.2 cm³/mol. The molecule has 2 aromatic rings. The molecular formula is C14H16O5. The Hall–Kier alpha value is -2.17. The summed E-state index contributed by atoms with van der Waals surface area (Å²) >= 11 is 0. The molecule has 1 aromatic carbocycles. The molecule has 2 rings (SSSR count). The lowest BCUT2D eigenvalue weighted by molar-refractivity contribution is 0.342. The fourth-order valence-electron chi connectivity index (χ4n) is 2.05. The van der Waals surface area contributed by atoms with Gasteiger partial charge in [0.2, 0.25) is 5.75 Å². The van der Waals surface area contributed by atoms with Gasteiger partial charge in [-0.05, 0) is 18.6 Å². The van der Waals surface area contributed by atoms with Gasteiger partial charge in [-0.1, -0.05) is 6.92 Å². The molecule has 0 radical (unpaired) electrons. The number of ether oxygens (including phenoxy) is 2. The van der Waals surface area contributed by atoms with Crippen LogP contribution >= 0.6 is 0 Å². The Balaban J connectivity index is 2.83. The first-order chi connectivity index (χ1) is 9.12. The molecule has 1 N–H and O–H groups in total. The van der Waals surface area contributed by atoms with E-state index in [1.54, 1.807) is 6.07 Å². The summed E-state index contributed by atoms with van der Waals surface area (Å²) in [5.74, 6) is 0.855. The maximum Gasteiger partial charge on any atom is 0.344 e. The van der Waals surface area contributed by atoms with Gasteiger partial charge in [-0.25, -0.2) is 4.79 Å². The standard InChI is InChI=1S/C14H16O5/c1-4-5-8-6-9-10(14(16)19-8)7-11(17-2)12(15)13(9)18-3/h6-7,15H,4-5H2,1-3H3. The lowest BCUT2D eigenvalue weighted by Gasteiger charge is -2.11. The number of hydrogen-bond acceptors (Lipinski definition) is 5. The first-order valence-electron chi connectivity index (χ1n) is 6.03. The number of benzene rings is 1. The quantitative estimate of drug-likeness (QED) is 0.918. The van der Waals surface area contributed by atoms with E-state index in [9.17, 15) is 9.90 Å². The van der Waals surface area contributed by atoms with E-state index in [1.807, 2.05) is 6.92 Å². The number of fused-ring (bicyclic) bond motifs is 1. The molecule has 0 atom stereocenters. The number of aryl methyl sites for hydroxylation is 1. The first kappa shape index (κ1) is 13.3. The Morgan fingerprint density at radius 2 is 1.95 bits per heavy atom. The number of methoxy groups -OCH3 is 2. The zero-order valence-electron chi connectivity index (χ0n) is 11.1. The second kappa shape index (κ2) is 5.22. The third-order valence-electron chi connectivity index (χ3n) is 2.93. The van der Waals surface area contributed by atoms with Crippen LogP contribution in [-0.4, -0.2) is 19.3 Å². The van der Waals surface area contributed by atoms with Crippen molar-refractivity contribution in [1.82, 2.24) is 0 Å². The minimum Gasteiger partial charge on any atom is -0.502 e. The van der Waals surface area contributed by atoms with Crippen molar-refractivity contribution in [3.8, 4) is 17.2 Å². The minimum atomic E-state index is -0.461. The van der Waals surface area contributed by atoms with Crippen LogP contribution in [0.3, 0.4) is 0 Å². The van der Waals surface area contributed by atoms with Crippen molar-refractivity contribution >= 4 is 10.8 Å². The number of hydrogen-bond donors (Lipinski definition) is 1. The van der Waals surface area contributed by atoms with Crippen LogP contribution < -0.4 is 15.1 Å². The van der Waals surface area contributed by atoms with Crippen LogP contribution in [0.1, 0.15) is 19.1 Å². The van der Waals surface area contributed by atoms with Crippen molar-refractivity contribution in [2.75, 3.05) is 14.2 Å². The van der Waals surface area contributed by atoms with E-state index in [4.69, 9.17) is 13.9 Å². The number of rotatable bonds is 4. The van der Waals surface area contributed by atoms with Crippen molar-refractivity contribution in [2.24, 2.45) is 0 Å². The van der Waals surface area contributed by atoms with E-state index in [-0.39, 0.29) is 17.2 Å². The minimum absolute atomic E-state index is 0.120. The molecule has 0 aliphatic carbocycles. The lowest BCUT2D eigenvalue weighted by Crippen LogP contribution is -2.04. The highest BCUT2D eigenvalue weighted by atomic mass is 16.5. The molecule has 0 fully saturated rings. The monoisotopic (exact) mass is 264 g/mol. The second-order valence-electron chi connectivity index (χ2n) is 4.17. The molecule has 0 spiro atoms. The summed E-state index contributed by atoms with van der Waals surface area (Å²) in [6, 6.07) is 3.17. The van der Waals surface area contributed by atoms with Gasteiger partial charge in [-0.2, -0.15) is 0 Å². The Bertz CT molecular complexity index is 657. The summed E-state index contributed by atoms with van der Waals surface area (Å²) in [6.07, 6.45) is 1.51. The van der Waals surface area contributed by atoms with E-state index < -0.39 is 5.63 Å². The molecule has 0 amide bonds. The van der Waals surface area contributed by atoms with Crippen LogP contribution in [0, 0.1) is 0 Å². The molecule has 0 bridgehead atoms. The Morgan fingerprint density at radius 3 is 2.53 bits per heavy atom. The van der Waals surface area contributed by atoms with Gasteiger partial charge in [0.1, 0.15) is 5.76 Å². The molecule has 1 aromatic heterocycles. The number of phenolic OH excluding ortho intramolecular Hbond substituents is 1. The molecule has 0 aliphatic rings. The smallest absolute Gasteiger partial charge is 0.344 e. The maximum atomic E-state index is 12.0. The van der Waals surface area contributed by atoms with Gasteiger partial charge in [0.15, 0.2) is 11.5 Å². The summed E-state index contributed by atoms with van der Waals surface area (Å²) < 4.78 is 15.4. The molecule has 5 heteroatoms. The van der Waals surface area contributed by atoms with Crippen LogP contribution in [-0.2, 0) is 6.42 Å². The van der Waals surface area contributed by atoms with Crippen LogP contribution in [0.4, 0.5) is 0 Å². The summed E-state index contributed by atoms with van der Waals surface area (Å²) in [5.41, 5.74) is -0.461. The van der Waals surface area contributed by atoms with Gasteiger partial charge in [-0.3, -0.25) is 0 Å².